The molecule has 0 aliphatic carbocycles. The number of amides is 1. The lowest BCUT2D eigenvalue weighted by Crippen LogP contribution is -2.34. The minimum absolute atomic E-state index is 0.0584. The Bertz CT molecular complexity index is 1240. The molecule has 6 nitrogen and oxygen atoms in total. The Morgan fingerprint density at radius 3 is 2.49 bits per heavy atom. The highest BCUT2D eigenvalue weighted by molar-refractivity contribution is 7.83. The van der Waals surface area contributed by atoms with E-state index >= 15 is 0 Å². The second-order valence-corrected chi connectivity index (χ2v) is 9.13. The highest BCUT2D eigenvalue weighted by atomic mass is 32.1. The molecule has 3 N–H and O–H groups in total. The highest BCUT2D eigenvalue weighted by Gasteiger charge is 2.21. The van der Waals surface area contributed by atoms with Gasteiger partial charge < -0.3 is 15.7 Å². The van der Waals surface area contributed by atoms with Gasteiger partial charge in [0.2, 0.25) is 0 Å². The van der Waals surface area contributed by atoms with Crippen molar-refractivity contribution in [2.24, 2.45) is 5.73 Å². The largest absolute Gasteiger partial charge is 0.401 e. The number of benzene rings is 2. The van der Waals surface area contributed by atoms with Crippen LogP contribution in [0.15, 0.2) is 77.5 Å². The molecule has 0 unspecified atom stereocenters. The molecule has 1 saturated heterocycles. The second-order valence-electron chi connectivity index (χ2n) is 8.87. The molecule has 0 bridgehead atoms. The van der Waals surface area contributed by atoms with Crippen LogP contribution >= 0.6 is 12.6 Å². The molecule has 2 heterocycles. The number of nitrogens with two attached hydrogens (primary N) is 1. The first-order chi connectivity index (χ1) is 17.0. The molecule has 182 valence electrons. The van der Waals surface area contributed by atoms with Gasteiger partial charge in [0.25, 0.3) is 5.91 Å². The number of piperidine rings is 1. The van der Waals surface area contributed by atoms with Gasteiger partial charge in [0.05, 0.1) is 12.1 Å². The van der Waals surface area contributed by atoms with Crippen LogP contribution < -0.4 is 5.73 Å². The zero-order valence-electron chi connectivity index (χ0n) is 20.0. The lowest BCUT2D eigenvalue weighted by Gasteiger charge is -2.30. The molecule has 0 saturated carbocycles. The van der Waals surface area contributed by atoms with Gasteiger partial charge in [-0.1, -0.05) is 42.0 Å². The van der Waals surface area contributed by atoms with Gasteiger partial charge in [0.15, 0.2) is 0 Å². The summed E-state index contributed by atoms with van der Waals surface area (Å²) in [7, 11) is 1.70. The van der Waals surface area contributed by atoms with Crippen molar-refractivity contribution in [3.05, 3.63) is 94.2 Å². The van der Waals surface area contributed by atoms with Crippen molar-refractivity contribution in [2.75, 3.05) is 39.8 Å². The number of likely N-dealkylation sites (tertiary alicyclic amines) is 1. The minimum Gasteiger partial charge on any atom is -0.401 e. The summed E-state index contributed by atoms with van der Waals surface area (Å²) in [5.74, 6) is -0.102. The van der Waals surface area contributed by atoms with Crippen LogP contribution in [0, 0.1) is 0 Å². The smallest absolute Gasteiger partial charge is 0.253 e. The summed E-state index contributed by atoms with van der Waals surface area (Å²) in [6, 6.07) is 18.1. The molecule has 35 heavy (non-hydrogen) atoms. The van der Waals surface area contributed by atoms with Crippen LogP contribution in [-0.4, -0.2) is 65.6 Å². The number of aliphatic hydroxyl groups excluding tert-OH is 1. The molecule has 1 aromatic heterocycles. The van der Waals surface area contributed by atoms with E-state index in [1.807, 2.05) is 36.5 Å². The van der Waals surface area contributed by atoms with Gasteiger partial charge in [-0.15, -0.1) is 12.6 Å². The van der Waals surface area contributed by atoms with Crippen molar-refractivity contribution in [1.82, 2.24) is 14.8 Å². The van der Waals surface area contributed by atoms with E-state index in [4.69, 9.17) is 15.8 Å². The molecule has 7 heteroatoms. The number of nitrogens with zero attached hydrogens (tertiary/aromatic N) is 3. The van der Waals surface area contributed by atoms with Gasteiger partial charge in [0, 0.05) is 61.6 Å². The molecule has 0 atom stereocenters. The van der Waals surface area contributed by atoms with Crippen LogP contribution in [-0.2, 0) is 0 Å². The summed E-state index contributed by atoms with van der Waals surface area (Å²) >= 11 is 4.17. The van der Waals surface area contributed by atoms with Gasteiger partial charge in [0.1, 0.15) is 0 Å². The van der Waals surface area contributed by atoms with Crippen molar-refractivity contribution in [3.63, 3.8) is 0 Å². The maximum atomic E-state index is 12.7. The normalized spacial score (nSPS) is 14.8. The number of hydrogen-bond acceptors (Lipinski definition) is 6. The van der Waals surface area contributed by atoms with Crippen molar-refractivity contribution in [2.45, 2.75) is 12.8 Å². The number of aromatic nitrogens is 1. The van der Waals surface area contributed by atoms with Crippen LogP contribution in [0.25, 0.3) is 16.5 Å². The number of hydrogen-bond donors (Lipinski definition) is 3. The van der Waals surface area contributed by atoms with Crippen molar-refractivity contribution < 1.29 is 9.90 Å². The number of carbonyl (C=O) groups is 1. The third-order valence-corrected chi connectivity index (χ3v) is 6.82. The second kappa shape index (κ2) is 11.5. The summed E-state index contributed by atoms with van der Waals surface area (Å²) < 4.78 is 0. The zero-order chi connectivity index (χ0) is 24.8. The Morgan fingerprint density at radius 1 is 1.11 bits per heavy atom. The Hall–Kier alpha value is -3.13. The molecular weight excluding hydrogens is 456 g/mol. The number of thiol groups is 1. The standard InChI is InChI=1S/C28H32N4O2S/c1-31(16-17-33)28(34)23-9-7-20(8-10-23)26(21-11-14-32(15-12-21)18-24(29)19-35)25-6-2-4-22-5-3-13-30-27(22)25/h2-10,13,19,33,35H,11-12,14-18,29H2,1H3/b24-19-. The number of rotatable bonds is 7. The fourth-order valence-electron chi connectivity index (χ4n) is 4.64. The average Bonchev–Trinajstić information content (AvgIpc) is 2.90. The first-order valence-electron chi connectivity index (χ1n) is 11.9. The maximum Gasteiger partial charge on any atom is 0.253 e. The number of aliphatic hydroxyl groups is 1. The van der Waals surface area contributed by atoms with Gasteiger partial charge in [-0.05, 0) is 47.6 Å². The van der Waals surface area contributed by atoms with E-state index in [-0.39, 0.29) is 12.5 Å². The van der Waals surface area contributed by atoms with Gasteiger partial charge in [-0.3, -0.25) is 14.7 Å². The van der Waals surface area contributed by atoms with Crippen LogP contribution in [0.3, 0.4) is 0 Å². The van der Waals surface area contributed by atoms with Crippen LogP contribution in [0.5, 0.6) is 0 Å². The molecule has 1 aliphatic heterocycles. The Kier molecular flexibility index (Phi) is 8.23. The minimum atomic E-state index is -0.102. The molecule has 4 rings (SSSR count). The lowest BCUT2D eigenvalue weighted by molar-refractivity contribution is 0.0767. The van der Waals surface area contributed by atoms with Crippen molar-refractivity contribution >= 4 is 35.0 Å². The monoisotopic (exact) mass is 488 g/mol. The first-order valence-corrected chi connectivity index (χ1v) is 12.4. The fourth-order valence-corrected chi connectivity index (χ4v) is 4.72. The number of para-hydroxylation sites is 1. The molecule has 2 aromatic carbocycles. The van der Waals surface area contributed by atoms with Crippen LogP contribution in [0.2, 0.25) is 0 Å². The summed E-state index contributed by atoms with van der Waals surface area (Å²) in [6.45, 7) is 2.81. The lowest BCUT2D eigenvalue weighted by atomic mass is 9.87. The van der Waals surface area contributed by atoms with Crippen molar-refractivity contribution in [1.29, 1.82) is 0 Å². The van der Waals surface area contributed by atoms with Gasteiger partial charge in [-0.25, -0.2) is 0 Å². The van der Waals surface area contributed by atoms with E-state index in [0.717, 1.165) is 60.2 Å². The quantitative estimate of drug-likeness (QED) is 0.439. The van der Waals surface area contributed by atoms with E-state index < -0.39 is 0 Å². The number of pyridine rings is 1. The van der Waals surface area contributed by atoms with Gasteiger partial charge in [-0.2, -0.15) is 0 Å². The summed E-state index contributed by atoms with van der Waals surface area (Å²) in [5, 5.41) is 11.9. The number of carbonyl (C=O) groups excluding carboxylic acids is 1. The predicted molar refractivity (Wildman–Crippen MR) is 145 cm³/mol. The van der Waals surface area contributed by atoms with E-state index in [9.17, 15) is 4.79 Å². The molecule has 1 aliphatic rings. The highest BCUT2D eigenvalue weighted by Crippen LogP contribution is 2.35. The first kappa shape index (κ1) is 25.0. The summed E-state index contributed by atoms with van der Waals surface area (Å²) in [6.07, 6.45) is 3.69. The van der Waals surface area contributed by atoms with E-state index in [2.05, 4.69) is 41.8 Å². The Balaban J connectivity index is 1.73. The maximum absolute atomic E-state index is 12.7. The molecular formula is C28H32N4O2S. The Morgan fingerprint density at radius 2 is 1.80 bits per heavy atom. The third kappa shape index (κ3) is 5.75. The Labute approximate surface area is 212 Å². The summed E-state index contributed by atoms with van der Waals surface area (Å²) in [5.41, 5.74) is 13.1. The van der Waals surface area contributed by atoms with Crippen LogP contribution in [0.1, 0.15) is 34.3 Å². The number of likely N-dealkylation sites (N-methyl/N-ethyl adjacent to an activating group) is 1. The van der Waals surface area contributed by atoms with E-state index in [1.165, 1.54) is 16.0 Å². The third-order valence-electron chi connectivity index (χ3n) is 6.49. The predicted octanol–water partition coefficient (Wildman–Crippen LogP) is 3.93. The number of fused-ring (bicyclic) bond motifs is 1. The molecule has 0 spiro atoms. The van der Waals surface area contributed by atoms with E-state index in [1.54, 1.807) is 12.5 Å². The SMILES string of the molecule is CN(CCO)C(=O)c1ccc(C(=C2CCN(C/C(N)=C/S)CC2)c2cccc3cccnc23)cc1. The van der Waals surface area contributed by atoms with E-state index in [0.29, 0.717) is 12.1 Å². The zero-order valence-corrected chi connectivity index (χ0v) is 20.9. The molecule has 0 radical (unpaired) electrons. The van der Waals surface area contributed by atoms with Crippen molar-refractivity contribution in [3.8, 4) is 0 Å². The fraction of sp³-hybridized carbons (Fsp3) is 0.286. The topological polar surface area (TPSA) is 82.7 Å². The molecule has 3 aromatic rings. The summed E-state index contributed by atoms with van der Waals surface area (Å²) in [4.78, 5) is 21.3. The molecule has 1 amide bonds. The van der Waals surface area contributed by atoms with Gasteiger partial charge >= 0.3 is 0 Å². The average molecular weight is 489 g/mol. The van der Waals surface area contributed by atoms with Crippen LogP contribution in [0.4, 0.5) is 0 Å². The molecule has 1 fully saturated rings.